The van der Waals surface area contributed by atoms with Crippen molar-refractivity contribution in [2.24, 2.45) is 5.92 Å². The predicted octanol–water partition coefficient (Wildman–Crippen LogP) is 2.88. The van der Waals surface area contributed by atoms with Crippen molar-refractivity contribution in [2.75, 3.05) is 13.7 Å². The third-order valence-corrected chi connectivity index (χ3v) is 4.11. The zero-order valence-corrected chi connectivity index (χ0v) is 15.6. The SMILES string of the molecule is CCC(=O)N(CC(C)C)[C@H](C)C(=O)c1c(C)[nH]c(C(=O)OC)c1C. The van der Waals surface area contributed by atoms with Gasteiger partial charge >= 0.3 is 5.97 Å². The van der Waals surface area contributed by atoms with Crippen LogP contribution in [0.4, 0.5) is 0 Å². The van der Waals surface area contributed by atoms with E-state index in [1.807, 2.05) is 13.8 Å². The first-order valence-corrected chi connectivity index (χ1v) is 8.26. The molecule has 0 aromatic carbocycles. The molecule has 1 aromatic rings. The fourth-order valence-corrected chi connectivity index (χ4v) is 2.85. The van der Waals surface area contributed by atoms with E-state index >= 15 is 0 Å². The zero-order valence-electron chi connectivity index (χ0n) is 15.6. The standard InChI is InChI=1S/C18H28N2O4/c1-8-14(21)20(9-10(2)3)13(6)17(22)15-11(4)16(18(23)24-7)19-12(15)5/h10,13,19H,8-9H2,1-7H3/t13-/m1/s1. The maximum Gasteiger partial charge on any atom is 0.354 e. The number of carbonyl (C=O) groups excluding carboxylic acids is 3. The average molecular weight is 336 g/mol. The highest BCUT2D eigenvalue weighted by molar-refractivity contribution is 6.06. The number of hydrogen-bond donors (Lipinski definition) is 1. The summed E-state index contributed by atoms with van der Waals surface area (Å²) in [6.45, 7) is 11.5. The van der Waals surface area contributed by atoms with Gasteiger partial charge in [-0.25, -0.2) is 4.79 Å². The largest absolute Gasteiger partial charge is 0.464 e. The van der Waals surface area contributed by atoms with E-state index in [2.05, 4.69) is 4.98 Å². The number of nitrogens with zero attached hydrogens (tertiary/aromatic N) is 1. The van der Waals surface area contributed by atoms with Crippen LogP contribution in [0.3, 0.4) is 0 Å². The molecule has 0 aliphatic rings. The van der Waals surface area contributed by atoms with Crippen molar-refractivity contribution in [3.63, 3.8) is 0 Å². The van der Waals surface area contributed by atoms with Crippen LogP contribution in [0.1, 0.15) is 66.2 Å². The highest BCUT2D eigenvalue weighted by atomic mass is 16.5. The first-order valence-electron chi connectivity index (χ1n) is 8.26. The smallest absolute Gasteiger partial charge is 0.354 e. The molecule has 1 rings (SSSR count). The van der Waals surface area contributed by atoms with Gasteiger partial charge in [0.15, 0.2) is 5.78 Å². The Morgan fingerprint density at radius 3 is 2.21 bits per heavy atom. The van der Waals surface area contributed by atoms with Gasteiger partial charge in [0.2, 0.25) is 5.91 Å². The van der Waals surface area contributed by atoms with Crippen molar-refractivity contribution in [3.05, 3.63) is 22.5 Å². The number of aryl methyl sites for hydroxylation is 1. The summed E-state index contributed by atoms with van der Waals surface area (Å²) in [6.07, 6.45) is 0.350. The molecule has 6 heteroatoms. The first-order chi connectivity index (χ1) is 11.1. The Bertz CT molecular complexity index is 631. The molecule has 0 saturated carbocycles. The number of aromatic amines is 1. The second kappa shape index (κ2) is 8.13. The fourth-order valence-electron chi connectivity index (χ4n) is 2.85. The molecule has 134 valence electrons. The van der Waals surface area contributed by atoms with Crippen LogP contribution in [-0.4, -0.2) is 47.2 Å². The summed E-state index contributed by atoms with van der Waals surface area (Å²) in [5.41, 5.74) is 1.91. The number of esters is 1. The lowest BCUT2D eigenvalue weighted by Crippen LogP contribution is -2.45. The number of rotatable bonds is 7. The van der Waals surface area contributed by atoms with E-state index in [1.54, 1.807) is 32.6 Å². The van der Waals surface area contributed by atoms with E-state index in [0.29, 0.717) is 29.8 Å². The topological polar surface area (TPSA) is 79.5 Å². The van der Waals surface area contributed by atoms with Crippen molar-refractivity contribution in [2.45, 2.75) is 54.0 Å². The molecule has 24 heavy (non-hydrogen) atoms. The fraction of sp³-hybridized carbons (Fsp3) is 0.611. The highest BCUT2D eigenvalue weighted by Crippen LogP contribution is 2.22. The molecule has 1 heterocycles. The first kappa shape index (κ1) is 19.9. The molecular formula is C18H28N2O4. The average Bonchev–Trinajstić information content (AvgIpc) is 2.84. The normalized spacial score (nSPS) is 12.2. The molecule has 1 N–H and O–H groups in total. The Kier molecular flexibility index (Phi) is 6.75. The van der Waals surface area contributed by atoms with Gasteiger partial charge in [0.05, 0.1) is 13.2 Å². The van der Waals surface area contributed by atoms with Crippen LogP contribution in [0, 0.1) is 19.8 Å². The minimum atomic E-state index is -0.585. The van der Waals surface area contributed by atoms with E-state index in [-0.39, 0.29) is 23.3 Å². The number of Topliss-reactive ketones (excluding diaryl/α,β-unsaturated/α-hetero) is 1. The summed E-state index contributed by atoms with van der Waals surface area (Å²) in [5, 5.41) is 0. The summed E-state index contributed by atoms with van der Waals surface area (Å²) in [5.74, 6) is -0.469. The van der Waals surface area contributed by atoms with Gasteiger partial charge in [0, 0.05) is 24.2 Å². The van der Waals surface area contributed by atoms with E-state index in [1.165, 1.54) is 7.11 Å². The third-order valence-electron chi connectivity index (χ3n) is 4.11. The van der Waals surface area contributed by atoms with Gasteiger partial charge < -0.3 is 14.6 Å². The van der Waals surface area contributed by atoms with Gasteiger partial charge in [0.1, 0.15) is 5.69 Å². The lowest BCUT2D eigenvalue weighted by molar-refractivity contribution is -0.132. The Balaban J connectivity index is 3.22. The van der Waals surface area contributed by atoms with Gasteiger partial charge in [0.25, 0.3) is 0 Å². The van der Waals surface area contributed by atoms with E-state index in [0.717, 1.165) is 0 Å². The zero-order chi connectivity index (χ0) is 18.6. The summed E-state index contributed by atoms with van der Waals surface area (Å²) >= 11 is 0. The number of ether oxygens (including phenoxy) is 1. The summed E-state index contributed by atoms with van der Waals surface area (Å²) in [4.78, 5) is 41.6. The molecule has 1 aromatic heterocycles. The summed E-state index contributed by atoms with van der Waals surface area (Å²) < 4.78 is 4.74. The second-order valence-electron chi connectivity index (χ2n) is 6.45. The van der Waals surface area contributed by atoms with Crippen molar-refractivity contribution < 1.29 is 19.1 Å². The van der Waals surface area contributed by atoms with E-state index in [9.17, 15) is 14.4 Å². The Morgan fingerprint density at radius 2 is 1.75 bits per heavy atom. The summed E-state index contributed by atoms with van der Waals surface area (Å²) in [6, 6.07) is -0.585. The van der Waals surface area contributed by atoms with Crippen molar-refractivity contribution in [1.82, 2.24) is 9.88 Å². The number of carbonyl (C=O) groups is 3. The molecule has 0 bridgehead atoms. The van der Waals surface area contributed by atoms with Gasteiger partial charge in [-0.1, -0.05) is 20.8 Å². The second-order valence-corrected chi connectivity index (χ2v) is 6.45. The number of amides is 1. The maximum absolute atomic E-state index is 13.0. The highest BCUT2D eigenvalue weighted by Gasteiger charge is 2.30. The lowest BCUT2D eigenvalue weighted by atomic mass is 9.99. The van der Waals surface area contributed by atoms with Crippen molar-refractivity contribution >= 4 is 17.7 Å². The number of hydrogen-bond acceptors (Lipinski definition) is 4. The number of methoxy groups -OCH3 is 1. The Morgan fingerprint density at radius 1 is 1.17 bits per heavy atom. The lowest BCUT2D eigenvalue weighted by Gasteiger charge is -2.30. The van der Waals surface area contributed by atoms with E-state index in [4.69, 9.17) is 4.74 Å². The van der Waals surface area contributed by atoms with Crippen molar-refractivity contribution in [1.29, 1.82) is 0 Å². The van der Waals surface area contributed by atoms with Gasteiger partial charge in [-0.3, -0.25) is 9.59 Å². The maximum atomic E-state index is 13.0. The van der Waals surface area contributed by atoms with Crippen LogP contribution >= 0.6 is 0 Å². The van der Waals surface area contributed by atoms with Crippen LogP contribution in [-0.2, 0) is 9.53 Å². The quantitative estimate of drug-likeness (QED) is 0.613. The van der Waals surface area contributed by atoms with Crippen LogP contribution in [0.15, 0.2) is 0 Å². The predicted molar refractivity (Wildman–Crippen MR) is 92.2 cm³/mol. The molecule has 1 amide bonds. The molecule has 0 radical (unpaired) electrons. The van der Waals surface area contributed by atoms with E-state index < -0.39 is 12.0 Å². The number of aromatic nitrogens is 1. The Hall–Kier alpha value is -2.11. The molecule has 1 atom stereocenters. The molecule has 0 unspecified atom stereocenters. The monoisotopic (exact) mass is 336 g/mol. The van der Waals surface area contributed by atoms with Crippen LogP contribution in [0.25, 0.3) is 0 Å². The number of ketones is 1. The number of nitrogens with one attached hydrogen (secondary N) is 1. The Labute approximate surface area is 143 Å². The number of H-pyrrole nitrogens is 1. The molecule has 0 aliphatic carbocycles. The molecule has 0 spiro atoms. The molecule has 0 fully saturated rings. The van der Waals surface area contributed by atoms with Gasteiger partial charge in [-0.05, 0) is 32.3 Å². The third kappa shape index (κ3) is 4.04. The summed E-state index contributed by atoms with van der Waals surface area (Å²) in [7, 11) is 1.30. The van der Waals surface area contributed by atoms with Gasteiger partial charge in [-0.15, -0.1) is 0 Å². The molecule has 0 aliphatic heterocycles. The van der Waals surface area contributed by atoms with Gasteiger partial charge in [-0.2, -0.15) is 0 Å². The molecule has 6 nitrogen and oxygen atoms in total. The molecular weight excluding hydrogens is 308 g/mol. The minimum Gasteiger partial charge on any atom is -0.464 e. The minimum absolute atomic E-state index is 0.0522. The van der Waals surface area contributed by atoms with Crippen LogP contribution in [0.2, 0.25) is 0 Å². The van der Waals surface area contributed by atoms with Crippen LogP contribution in [0.5, 0.6) is 0 Å². The molecule has 0 saturated heterocycles. The van der Waals surface area contributed by atoms with Crippen molar-refractivity contribution in [3.8, 4) is 0 Å². The van der Waals surface area contributed by atoms with Crippen LogP contribution < -0.4 is 0 Å².